The van der Waals surface area contributed by atoms with Gasteiger partial charge in [-0.1, -0.05) is 24.3 Å². The summed E-state index contributed by atoms with van der Waals surface area (Å²) >= 11 is 0. The lowest BCUT2D eigenvalue weighted by molar-refractivity contribution is -0.137. The first-order valence-electron chi connectivity index (χ1n) is 10.7. The van der Waals surface area contributed by atoms with Gasteiger partial charge in [-0.3, -0.25) is 4.79 Å². The molecule has 0 aliphatic carbocycles. The molecule has 9 heteroatoms. The lowest BCUT2D eigenvalue weighted by atomic mass is 9.94. The van der Waals surface area contributed by atoms with Gasteiger partial charge in [-0.2, -0.15) is 0 Å². The molecule has 2 aromatic carbocycles. The Morgan fingerprint density at radius 2 is 1.91 bits per heavy atom. The smallest absolute Gasteiger partial charge is 0.224 e. The fourth-order valence-electron chi connectivity index (χ4n) is 4.18. The molecule has 1 aromatic heterocycles. The van der Waals surface area contributed by atoms with Gasteiger partial charge in [-0.25, -0.2) is 13.5 Å². The number of rotatable bonds is 7. The van der Waals surface area contributed by atoms with Gasteiger partial charge in [0, 0.05) is 31.7 Å². The summed E-state index contributed by atoms with van der Waals surface area (Å²) in [5.74, 6) is -1.14. The van der Waals surface area contributed by atoms with E-state index in [1.807, 2.05) is 36.1 Å². The van der Waals surface area contributed by atoms with Crippen molar-refractivity contribution >= 4 is 5.91 Å². The highest BCUT2D eigenvalue weighted by atomic mass is 19.1. The van der Waals surface area contributed by atoms with E-state index in [0.717, 1.165) is 23.6 Å². The van der Waals surface area contributed by atoms with Crippen molar-refractivity contribution in [3.63, 3.8) is 0 Å². The molecule has 1 fully saturated rings. The van der Waals surface area contributed by atoms with Gasteiger partial charge in [0.1, 0.15) is 18.0 Å². The molecule has 7 nitrogen and oxygen atoms in total. The number of hydrogen-bond donors (Lipinski definition) is 0. The van der Waals surface area contributed by atoms with E-state index < -0.39 is 11.6 Å². The number of tetrazole rings is 1. The molecule has 0 saturated carbocycles. The van der Waals surface area contributed by atoms with E-state index in [1.165, 1.54) is 18.5 Å². The van der Waals surface area contributed by atoms with Crippen LogP contribution in [0.25, 0.3) is 11.1 Å². The molecule has 0 radical (unpaired) electrons. The summed E-state index contributed by atoms with van der Waals surface area (Å²) in [6.07, 6.45) is 3.16. The summed E-state index contributed by atoms with van der Waals surface area (Å²) in [5, 5.41) is 11.0. The molecule has 0 bridgehead atoms. The van der Waals surface area contributed by atoms with Gasteiger partial charge in [-0.15, -0.1) is 5.10 Å². The third kappa shape index (κ3) is 5.16. The van der Waals surface area contributed by atoms with Crippen molar-refractivity contribution in [3.05, 3.63) is 66.0 Å². The van der Waals surface area contributed by atoms with Crippen LogP contribution in [0, 0.1) is 11.6 Å². The van der Waals surface area contributed by atoms with E-state index in [-0.39, 0.29) is 18.1 Å². The molecule has 2 heterocycles. The van der Waals surface area contributed by atoms with Crippen molar-refractivity contribution in [3.8, 4) is 11.1 Å². The topological polar surface area (TPSA) is 73.1 Å². The summed E-state index contributed by atoms with van der Waals surface area (Å²) in [7, 11) is 0. The number of nitrogens with zero attached hydrogens (tertiary/aromatic N) is 5. The molecule has 1 saturated heterocycles. The number of carbonyl (C=O) groups excluding carboxylic acids is 1. The molecule has 4 rings (SSSR count). The van der Waals surface area contributed by atoms with Crippen LogP contribution in [-0.4, -0.2) is 50.2 Å². The fourth-order valence-corrected chi connectivity index (χ4v) is 4.18. The first-order chi connectivity index (χ1) is 15.5. The van der Waals surface area contributed by atoms with Crippen LogP contribution in [0.15, 0.2) is 48.8 Å². The summed E-state index contributed by atoms with van der Waals surface area (Å²) in [4.78, 5) is 14.7. The first-order valence-corrected chi connectivity index (χ1v) is 10.7. The monoisotopic (exact) mass is 441 g/mol. The van der Waals surface area contributed by atoms with Gasteiger partial charge in [0.05, 0.1) is 12.6 Å². The maximum atomic E-state index is 13.5. The Balaban J connectivity index is 1.41. The maximum Gasteiger partial charge on any atom is 0.224 e. The lowest BCUT2D eigenvalue weighted by Crippen LogP contribution is -2.44. The van der Waals surface area contributed by atoms with Crippen LogP contribution in [0.1, 0.15) is 37.9 Å². The fraction of sp³-hybridized carbons (Fsp3) is 0.391. The largest absolute Gasteiger partial charge is 0.373 e. The minimum atomic E-state index is -0.605. The third-order valence-electron chi connectivity index (χ3n) is 5.78. The summed E-state index contributed by atoms with van der Waals surface area (Å²) in [5.41, 5.74) is 2.20. The first kappa shape index (κ1) is 22.0. The number of aromatic nitrogens is 4. The second-order valence-corrected chi connectivity index (χ2v) is 7.82. The highest BCUT2D eigenvalue weighted by Gasteiger charge is 2.30. The number of carbonyl (C=O) groups is 1. The molecule has 168 valence electrons. The Morgan fingerprint density at radius 1 is 1.16 bits per heavy atom. The van der Waals surface area contributed by atoms with Gasteiger partial charge in [0.2, 0.25) is 5.91 Å². The molecule has 1 aliphatic rings. The molecule has 1 amide bonds. The van der Waals surface area contributed by atoms with Crippen LogP contribution < -0.4 is 0 Å². The second kappa shape index (κ2) is 9.95. The van der Waals surface area contributed by atoms with Gasteiger partial charge in [0.15, 0.2) is 0 Å². The van der Waals surface area contributed by atoms with Crippen LogP contribution in [0.3, 0.4) is 0 Å². The Kier molecular flexibility index (Phi) is 6.84. The molecule has 32 heavy (non-hydrogen) atoms. The Morgan fingerprint density at radius 3 is 2.56 bits per heavy atom. The van der Waals surface area contributed by atoms with E-state index in [2.05, 4.69) is 15.5 Å². The average Bonchev–Trinajstić information content (AvgIpc) is 3.32. The summed E-state index contributed by atoms with van der Waals surface area (Å²) in [6.45, 7) is 3.60. The SMILES string of the molecule is CCN(C(=O)CCn1cnnn1)[C@H]1CCO[C@@H](c2ccc(-c3cc(F)cc(F)c3)cc2)C1. The summed E-state index contributed by atoms with van der Waals surface area (Å²) < 4.78 is 34.6. The van der Waals surface area contributed by atoms with E-state index in [4.69, 9.17) is 4.74 Å². The van der Waals surface area contributed by atoms with E-state index in [9.17, 15) is 13.6 Å². The minimum absolute atomic E-state index is 0.0668. The number of benzene rings is 2. The van der Waals surface area contributed by atoms with Gasteiger partial charge in [-0.05, 0) is 59.0 Å². The van der Waals surface area contributed by atoms with Crippen LogP contribution >= 0.6 is 0 Å². The van der Waals surface area contributed by atoms with E-state index in [0.29, 0.717) is 38.1 Å². The molecule has 0 unspecified atom stereocenters. The lowest BCUT2D eigenvalue weighted by Gasteiger charge is -2.37. The normalized spacial score (nSPS) is 18.5. The van der Waals surface area contributed by atoms with Crippen LogP contribution in [-0.2, 0) is 16.1 Å². The van der Waals surface area contributed by atoms with Gasteiger partial charge < -0.3 is 9.64 Å². The number of halogens is 2. The van der Waals surface area contributed by atoms with E-state index in [1.54, 1.807) is 4.68 Å². The number of amides is 1. The number of hydrogen-bond acceptors (Lipinski definition) is 5. The molecule has 0 spiro atoms. The molecular formula is C23H25F2N5O2. The Hall–Kier alpha value is -3.20. The Bertz CT molecular complexity index is 1020. The number of aryl methyl sites for hydroxylation is 1. The van der Waals surface area contributed by atoms with Crippen molar-refractivity contribution in [2.45, 2.75) is 44.9 Å². The van der Waals surface area contributed by atoms with Crippen molar-refractivity contribution in [2.24, 2.45) is 0 Å². The molecule has 0 N–H and O–H groups in total. The van der Waals surface area contributed by atoms with E-state index >= 15 is 0 Å². The highest BCUT2D eigenvalue weighted by Crippen LogP contribution is 2.32. The van der Waals surface area contributed by atoms with Crippen LogP contribution in [0.2, 0.25) is 0 Å². The van der Waals surface area contributed by atoms with Crippen LogP contribution in [0.4, 0.5) is 8.78 Å². The van der Waals surface area contributed by atoms with Gasteiger partial charge in [0.25, 0.3) is 0 Å². The molecule has 3 aromatic rings. The predicted octanol–water partition coefficient (Wildman–Crippen LogP) is 3.78. The predicted molar refractivity (Wildman–Crippen MR) is 113 cm³/mol. The Labute approximate surface area is 185 Å². The second-order valence-electron chi connectivity index (χ2n) is 7.82. The van der Waals surface area contributed by atoms with Crippen molar-refractivity contribution in [1.82, 2.24) is 25.1 Å². The van der Waals surface area contributed by atoms with Crippen molar-refractivity contribution < 1.29 is 18.3 Å². The molecule has 2 atom stereocenters. The van der Waals surface area contributed by atoms with Crippen molar-refractivity contribution in [2.75, 3.05) is 13.2 Å². The zero-order valence-electron chi connectivity index (χ0n) is 17.8. The summed E-state index contributed by atoms with van der Waals surface area (Å²) in [6, 6.07) is 11.1. The third-order valence-corrected chi connectivity index (χ3v) is 5.78. The van der Waals surface area contributed by atoms with Crippen LogP contribution in [0.5, 0.6) is 0 Å². The molecule has 1 aliphatic heterocycles. The number of ether oxygens (including phenoxy) is 1. The highest BCUT2D eigenvalue weighted by molar-refractivity contribution is 5.76. The zero-order chi connectivity index (χ0) is 22.5. The van der Waals surface area contributed by atoms with Crippen molar-refractivity contribution in [1.29, 1.82) is 0 Å². The quantitative estimate of drug-likeness (QED) is 0.558. The minimum Gasteiger partial charge on any atom is -0.373 e. The average molecular weight is 441 g/mol. The van der Waals surface area contributed by atoms with Gasteiger partial charge >= 0.3 is 0 Å². The maximum absolute atomic E-state index is 13.5. The zero-order valence-corrected chi connectivity index (χ0v) is 17.8. The molecular weight excluding hydrogens is 416 g/mol. The standard InChI is InChI=1S/C23H25F2N5O2/c1-2-30(23(31)7-9-29-15-26-27-28-29)21-8-10-32-22(14-21)17-5-3-16(4-6-17)18-11-19(24)13-20(25)12-18/h3-6,11-13,15,21-22H,2,7-10,14H2,1H3/t21-,22+/m0/s1.